The molecule has 1 aromatic heterocycles. The molecular weight excluding hydrogens is 356 g/mol. The summed E-state index contributed by atoms with van der Waals surface area (Å²) in [4.78, 5) is 27.8. The molecule has 0 bridgehead atoms. The standard InChI is InChI=1S/C18H21ClN4O3/c1-2-14(18(25)26)21-8-10-22(11-9-21)15-12-20-23(17(24)16(15)19)13-6-4-3-5-7-13/h3-7,12,14H,2,8-11H2,1H3,(H,25,26). The van der Waals surface area contributed by atoms with Gasteiger partial charge in [-0.15, -0.1) is 0 Å². The van der Waals surface area contributed by atoms with Crippen LogP contribution in [-0.4, -0.2) is 58.0 Å². The average molecular weight is 377 g/mol. The van der Waals surface area contributed by atoms with Crippen molar-refractivity contribution in [3.05, 3.63) is 51.9 Å². The maximum atomic E-state index is 12.6. The Labute approximate surface area is 156 Å². The van der Waals surface area contributed by atoms with E-state index in [2.05, 4.69) is 5.10 Å². The molecule has 3 rings (SSSR count). The molecule has 2 heterocycles. The molecular formula is C18H21ClN4O3. The Kier molecular flexibility index (Phi) is 5.58. The van der Waals surface area contributed by atoms with E-state index in [1.54, 1.807) is 18.3 Å². The van der Waals surface area contributed by atoms with E-state index in [0.29, 0.717) is 44.0 Å². The Morgan fingerprint density at radius 2 is 1.88 bits per heavy atom. The molecule has 26 heavy (non-hydrogen) atoms. The van der Waals surface area contributed by atoms with E-state index in [9.17, 15) is 14.7 Å². The summed E-state index contributed by atoms with van der Waals surface area (Å²) in [6.07, 6.45) is 2.16. The lowest BCUT2D eigenvalue weighted by atomic mass is 10.1. The Hall–Kier alpha value is -2.38. The van der Waals surface area contributed by atoms with Crippen LogP contribution in [0.3, 0.4) is 0 Å². The quantitative estimate of drug-likeness (QED) is 0.858. The summed E-state index contributed by atoms with van der Waals surface area (Å²) >= 11 is 6.34. The van der Waals surface area contributed by atoms with Gasteiger partial charge in [-0.1, -0.05) is 36.7 Å². The van der Waals surface area contributed by atoms with Crippen LogP contribution in [0.2, 0.25) is 5.02 Å². The Morgan fingerprint density at radius 1 is 1.23 bits per heavy atom. The topological polar surface area (TPSA) is 78.7 Å². The predicted octanol–water partition coefficient (Wildman–Crippen LogP) is 1.87. The Morgan fingerprint density at radius 3 is 2.46 bits per heavy atom. The van der Waals surface area contributed by atoms with E-state index in [-0.39, 0.29) is 10.6 Å². The van der Waals surface area contributed by atoms with Gasteiger partial charge in [0.05, 0.1) is 17.6 Å². The van der Waals surface area contributed by atoms with Gasteiger partial charge in [0.25, 0.3) is 5.56 Å². The van der Waals surface area contributed by atoms with Crippen LogP contribution < -0.4 is 10.5 Å². The SMILES string of the molecule is CCC(C(=O)O)N1CCN(c2cnn(-c3ccccc3)c(=O)c2Cl)CC1. The highest BCUT2D eigenvalue weighted by Crippen LogP contribution is 2.23. The minimum atomic E-state index is -0.800. The molecule has 1 aliphatic rings. The van der Waals surface area contributed by atoms with Crippen molar-refractivity contribution < 1.29 is 9.90 Å². The van der Waals surface area contributed by atoms with Crippen LogP contribution in [0.15, 0.2) is 41.3 Å². The molecule has 1 aromatic carbocycles. The van der Waals surface area contributed by atoms with Crippen molar-refractivity contribution in [1.82, 2.24) is 14.7 Å². The summed E-state index contributed by atoms with van der Waals surface area (Å²) < 4.78 is 1.28. The van der Waals surface area contributed by atoms with Crippen molar-refractivity contribution in [3.8, 4) is 5.69 Å². The van der Waals surface area contributed by atoms with Gasteiger partial charge >= 0.3 is 5.97 Å². The summed E-state index contributed by atoms with van der Waals surface area (Å²) in [6, 6.07) is 8.63. The third-order valence-electron chi connectivity index (χ3n) is 4.67. The summed E-state index contributed by atoms with van der Waals surface area (Å²) in [6.45, 7) is 4.26. The zero-order valence-corrected chi connectivity index (χ0v) is 15.3. The fourth-order valence-electron chi connectivity index (χ4n) is 3.26. The zero-order valence-electron chi connectivity index (χ0n) is 14.5. The normalized spacial score (nSPS) is 16.5. The predicted molar refractivity (Wildman–Crippen MR) is 100 cm³/mol. The van der Waals surface area contributed by atoms with Gasteiger partial charge in [-0.2, -0.15) is 9.78 Å². The number of anilines is 1. The number of carbonyl (C=O) groups is 1. The number of benzene rings is 1. The van der Waals surface area contributed by atoms with E-state index in [0.717, 1.165) is 0 Å². The number of piperazine rings is 1. The molecule has 1 N–H and O–H groups in total. The Bertz CT molecular complexity index is 832. The molecule has 0 amide bonds. The molecule has 0 radical (unpaired) electrons. The number of hydrogen-bond donors (Lipinski definition) is 1. The van der Waals surface area contributed by atoms with Crippen molar-refractivity contribution in [1.29, 1.82) is 0 Å². The third kappa shape index (κ3) is 3.59. The minimum Gasteiger partial charge on any atom is -0.480 e. The van der Waals surface area contributed by atoms with Crippen LogP contribution in [0.5, 0.6) is 0 Å². The summed E-state index contributed by atoms with van der Waals surface area (Å²) in [5.41, 5.74) is 0.879. The van der Waals surface area contributed by atoms with Crippen LogP contribution in [0.1, 0.15) is 13.3 Å². The Balaban J connectivity index is 1.78. The van der Waals surface area contributed by atoms with Crippen molar-refractivity contribution >= 4 is 23.3 Å². The maximum Gasteiger partial charge on any atom is 0.320 e. The van der Waals surface area contributed by atoms with Gasteiger partial charge in [-0.3, -0.25) is 14.5 Å². The van der Waals surface area contributed by atoms with E-state index in [1.807, 2.05) is 34.9 Å². The van der Waals surface area contributed by atoms with E-state index in [1.165, 1.54) is 4.68 Å². The first-order valence-corrected chi connectivity index (χ1v) is 8.95. The molecule has 0 saturated carbocycles. The molecule has 1 fully saturated rings. The van der Waals surface area contributed by atoms with Crippen LogP contribution in [-0.2, 0) is 4.79 Å². The highest BCUT2D eigenvalue weighted by atomic mass is 35.5. The molecule has 138 valence electrons. The van der Waals surface area contributed by atoms with Gasteiger partial charge in [0.1, 0.15) is 11.1 Å². The van der Waals surface area contributed by atoms with E-state index < -0.39 is 12.0 Å². The molecule has 7 nitrogen and oxygen atoms in total. The third-order valence-corrected chi connectivity index (χ3v) is 5.02. The van der Waals surface area contributed by atoms with Gasteiger partial charge in [-0.05, 0) is 18.6 Å². The highest BCUT2D eigenvalue weighted by molar-refractivity contribution is 6.33. The number of halogens is 1. The molecule has 1 unspecified atom stereocenters. The zero-order chi connectivity index (χ0) is 18.7. The van der Waals surface area contributed by atoms with Gasteiger partial charge < -0.3 is 10.0 Å². The second-order valence-electron chi connectivity index (χ2n) is 6.18. The molecule has 1 aliphatic heterocycles. The number of hydrogen-bond acceptors (Lipinski definition) is 5. The number of rotatable bonds is 5. The fraction of sp³-hybridized carbons (Fsp3) is 0.389. The summed E-state index contributed by atoms with van der Waals surface area (Å²) in [5.74, 6) is -0.800. The minimum absolute atomic E-state index is 0.127. The van der Waals surface area contributed by atoms with Crippen molar-refractivity contribution in [2.45, 2.75) is 19.4 Å². The van der Waals surface area contributed by atoms with Gasteiger partial charge in [0.15, 0.2) is 0 Å². The number of aromatic nitrogens is 2. The molecule has 0 spiro atoms. The first kappa shape index (κ1) is 18.4. The highest BCUT2D eigenvalue weighted by Gasteiger charge is 2.28. The van der Waals surface area contributed by atoms with Gasteiger partial charge in [0.2, 0.25) is 0 Å². The summed E-state index contributed by atoms with van der Waals surface area (Å²) in [7, 11) is 0. The molecule has 8 heteroatoms. The van der Waals surface area contributed by atoms with Crippen LogP contribution >= 0.6 is 11.6 Å². The van der Waals surface area contributed by atoms with Crippen LogP contribution in [0, 0.1) is 0 Å². The first-order valence-electron chi connectivity index (χ1n) is 8.58. The molecule has 1 atom stereocenters. The van der Waals surface area contributed by atoms with Crippen molar-refractivity contribution in [3.63, 3.8) is 0 Å². The first-order chi connectivity index (χ1) is 12.5. The number of carboxylic acids is 1. The molecule has 1 saturated heterocycles. The second kappa shape index (κ2) is 7.88. The largest absolute Gasteiger partial charge is 0.480 e. The van der Waals surface area contributed by atoms with Crippen LogP contribution in [0.25, 0.3) is 5.69 Å². The molecule has 2 aromatic rings. The smallest absolute Gasteiger partial charge is 0.320 e. The number of aliphatic carboxylic acids is 1. The summed E-state index contributed by atoms with van der Waals surface area (Å²) in [5, 5.41) is 13.7. The van der Waals surface area contributed by atoms with E-state index in [4.69, 9.17) is 11.6 Å². The van der Waals surface area contributed by atoms with Crippen LogP contribution in [0.4, 0.5) is 5.69 Å². The second-order valence-corrected chi connectivity index (χ2v) is 6.56. The van der Waals surface area contributed by atoms with Gasteiger partial charge in [-0.25, -0.2) is 0 Å². The van der Waals surface area contributed by atoms with Crippen molar-refractivity contribution in [2.75, 3.05) is 31.1 Å². The lowest BCUT2D eigenvalue weighted by molar-refractivity contribution is -0.143. The van der Waals surface area contributed by atoms with Gasteiger partial charge in [0, 0.05) is 26.2 Å². The van der Waals surface area contributed by atoms with E-state index >= 15 is 0 Å². The average Bonchev–Trinajstić information content (AvgIpc) is 2.66. The number of para-hydroxylation sites is 1. The lowest BCUT2D eigenvalue weighted by Crippen LogP contribution is -2.52. The number of carboxylic acid groups (broad SMARTS) is 1. The van der Waals surface area contributed by atoms with Crippen molar-refractivity contribution in [2.24, 2.45) is 0 Å². The monoisotopic (exact) mass is 376 g/mol. The number of nitrogens with zero attached hydrogens (tertiary/aromatic N) is 4. The molecule has 0 aliphatic carbocycles. The lowest BCUT2D eigenvalue weighted by Gasteiger charge is -2.38. The maximum absolute atomic E-state index is 12.6. The fourth-order valence-corrected chi connectivity index (χ4v) is 3.51.